The maximum Gasteiger partial charge on any atom is 0.0476 e. The summed E-state index contributed by atoms with van der Waals surface area (Å²) in [5.41, 5.74) is 14.6. The third-order valence-electron chi connectivity index (χ3n) is 4.25. The fourth-order valence-electron chi connectivity index (χ4n) is 2.80. The Bertz CT molecular complexity index is 563. The van der Waals surface area contributed by atoms with Gasteiger partial charge in [0.25, 0.3) is 0 Å². The van der Waals surface area contributed by atoms with E-state index in [9.17, 15) is 0 Å². The first-order valence-corrected chi connectivity index (χ1v) is 8.17. The summed E-state index contributed by atoms with van der Waals surface area (Å²) in [4.78, 5) is 0. The molecule has 2 aromatic rings. The largest absolute Gasteiger partial charge is 0.330 e. The molecular weight excluding hydrogens is 395 g/mol. The highest BCUT2D eigenvalue weighted by Gasteiger charge is 2.34. The van der Waals surface area contributed by atoms with Crippen LogP contribution in [0.25, 0.3) is 0 Å². The summed E-state index contributed by atoms with van der Waals surface area (Å²) in [5, 5.41) is 0. The lowest BCUT2D eigenvalue weighted by Gasteiger charge is -2.37. The van der Waals surface area contributed by atoms with E-state index in [1.54, 1.807) is 0 Å². The third kappa shape index (κ3) is 5.47. The summed E-state index contributed by atoms with van der Waals surface area (Å²) in [6.07, 6.45) is 1.80. The second kappa shape index (κ2) is 10.3. The molecule has 0 aromatic heterocycles. The molecule has 0 bridgehead atoms. The van der Waals surface area contributed by atoms with Crippen LogP contribution in [0.5, 0.6) is 0 Å². The van der Waals surface area contributed by atoms with E-state index in [1.807, 2.05) is 18.2 Å². The van der Waals surface area contributed by atoms with Crippen LogP contribution >= 0.6 is 40.7 Å². The Balaban J connectivity index is 0.00000242. The molecule has 2 atom stereocenters. The van der Waals surface area contributed by atoms with Crippen LogP contribution in [0.1, 0.15) is 36.8 Å². The van der Waals surface area contributed by atoms with Crippen molar-refractivity contribution in [1.82, 2.24) is 0 Å². The van der Waals surface area contributed by atoms with Gasteiger partial charge in [0.15, 0.2) is 0 Å². The van der Waals surface area contributed by atoms with Gasteiger partial charge in [-0.15, -0.1) is 24.8 Å². The predicted molar refractivity (Wildman–Crippen MR) is 108 cm³/mol. The van der Waals surface area contributed by atoms with Crippen LogP contribution in [0.3, 0.4) is 0 Å². The van der Waals surface area contributed by atoms with Crippen molar-refractivity contribution in [1.29, 1.82) is 0 Å². The number of nitrogens with two attached hydrogens (primary N) is 2. The van der Waals surface area contributed by atoms with Crippen molar-refractivity contribution in [3.05, 3.63) is 70.2 Å². The van der Waals surface area contributed by atoms with Gasteiger partial charge in [-0.3, -0.25) is 0 Å². The average Bonchev–Trinajstić information content (AvgIpc) is 2.53. The van der Waals surface area contributed by atoms with Crippen LogP contribution < -0.4 is 11.5 Å². The minimum absolute atomic E-state index is 0. The Morgan fingerprint density at radius 1 is 1.00 bits per heavy atom. The zero-order valence-corrected chi connectivity index (χ0v) is 16.5. The molecule has 0 aliphatic carbocycles. The van der Waals surface area contributed by atoms with Crippen molar-refractivity contribution in [3.63, 3.8) is 0 Å². The zero-order chi connectivity index (χ0) is 15.3. The van der Waals surface area contributed by atoms with Gasteiger partial charge in [-0.1, -0.05) is 65.3 Å². The van der Waals surface area contributed by atoms with Crippen LogP contribution in [-0.4, -0.2) is 6.54 Å². The molecule has 1 unspecified atom stereocenters. The lowest BCUT2D eigenvalue weighted by Crippen LogP contribution is -2.42. The first kappa shape index (κ1) is 22.4. The maximum absolute atomic E-state index is 6.85. The van der Waals surface area contributed by atoms with Gasteiger partial charge in [0.2, 0.25) is 0 Å². The van der Waals surface area contributed by atoms with Crippen molar-refractivity contribution >= 4 is 40.7 Å². The Hall–Kier alpha value is -0.580. The topological polar surface area (TPSA) is 52.0 Å². The number of hydrogen-bond donors (Lipinski definition) is 2. The molecule has 0 amide bonds. The van der Waals surface area contributed by atoms with E-state index in [1.165, 1.54) is 11.1 Å². The molecule has 0 aliphatic rings. The second-order valence-electron chi connectivity index (χ2n) is 5.57. The molecule has 4 N–H and O–H groups in total. The van der Waals surface area contributed by atoms with E-state index in [0.717, 1.165) is 17.3 Å². The molecule has 128 valence electrons. The highest BCUT2D eigenvalue weighted by Crippen LogP contribution is 2.38. The standard InChI is InChI=1S/C18H23BrN2.2ClH/c1-14(15-8-10-17(19)11-9-15)18(21,12-5-13-20)16-6-3-2-4-7-16;;/h2-4,6-11,14H,5,12-13,20-21H2,1H3;2*1H/t14-,18?;;/m0../s1. The first-order chi connectivity index (χ1) is 10.1. The molecule has 0 aliphatic heterocycles. The Labute approximate surface area is 160 Å². The lowest BCUT2D eigenvalue weighted by atomic mass is 9.73. The number of rotatable bonds is 6. The van der Waals surface area contributed by atoms with Gasteiger partial charge < -0.3 is 11.5 Å². The Morgan fingerprint density at radius 3 is 2.09 bits per heavy atom. The molecule has 2 aromatic carbocycles. The van der Waals surface area contributed by atoms with Gasteiger partial charge in [0, 0.05) is 15.9 Å². The molecule has 0 saturated heterocycles. The van der Waals surface area contributed by atoms with Crippen molar-refractivity contribution in [2.45, 2.75) is 31.2 Å². The highest BCUT2D eigenvalue weighted by molar-refractivity contribution is 9.10. The average molecular weight is 420 g/mol. The van der Waals surface area contributed by atoms with E-state index in [-0.39, 0.29) is 30.7 Å². The molecule has 2 rings (SSSR count). The van der Waals surface area contributed by atoms with Gasteiger partial charge in [-0.25, -0.2) is 0 Å². The van der Waals surface area contributed by atoms with E-state index >= 15 is 0 Å². The van der Waals surface area contributed by atoms with Gasteiger partial charge in [-0.05, 0) is 42.6 Å². The summed E-state index contributed by atoms with van der Waals surface area (Å²) in [7, 11) is 0. The monoisotopic (exact) mass is 418 g/mol. The van der Waals surface area contributed by atoms with Crippen LogP contribution in [0.2, 0.25) is 0 Å². The predicted octanol–water partition coefficient (Wildman–Crippen LogP) is 4.99. The van der Waals surface area contributed by atoms with Crippen LogP contribution in [0.15, 0.2) is 59.1 Å². The minimum Gasteiger partial charge on any atom is -0.330 e. The fraction of sp³-hybridized carbons (Fsp3) is 0.333. The quantitative estimate of drug-likeness (QED) is 0.692. The van der Waals surface area contributed by atoms with E-state index in [2.05, 4.69) is 59.3 Å². The molecule has 0 radical (unpaired) electrons. The van der Waals surface area contributed by atoms with E-state index < -0.39 is 5.54 Å². The number of halogens is 3. The van der Waals surface area contributed by atoms with Crippen molar-refractivity contribution < 1.29 is 0 Å². The van der Waals surface area contributed by atoms with E-state index in [4.69, 9.17) is 11.5 Å². The van der Waals surface area contributed by atoms with Gasteiger partial charge in [-0.2, -0.15) is 0 Å². The minimum atomic E-state index is -0.394. The summed E-state index contributed by atoms with van der Waals surface area (Å²) in [5.74, 6) is 0.222. The number of benzene rings is 2. The van der Waals surface area contributed by atoms with Gasteiger partial charge in [0.1, 0.15) is 0 Å². The normalized spacial score (nSPS) is 14.1. The molecule has 0 saturated carbocycles. The second-order valence-corrected chi connectivity index (χ2v) is 6.49. The highest BCUT2D eigenvalue weighted by atomic mass is 79.9. The van der Waals surface area contributed by atoms with Crippen molar-refractivity contribution in [2.75, 3.05) is 6.54 Å². The number of hydrogen-bond acceptors (Lipinski definition) is 2. The SMILES string of the molecule is C[C@@H](c1ccc(Br)cc1)C(N)(CCCN)c1ccccc1.Cl.Cl. The van der Waals surface area contributed by atoms with Crippen LogP contribution in [0.4, 0.5) is 0 Å². The van der Waals surface area contributed by atoms with Gasteiger partial charge >= 0.3 is 0 Å². The summed E-state index contributed by atoms with van der Waals surface area (Å²) >= 11 is 3.48. The summed E-state index contributed by atoms with van der Waals surface area (Å²) in [6.45, 7) is 2.87. The fourth-order valence-corrected chi connectivity index (χ4v) is 3.07. The molecule has 23 heavy (non-hydrogen) atoms. The Kier molecular flexibility index (Phi) is 10.1. The smallest absolute Gasteiger partial charge is 0.0476 e. The van der Waals surface area contributed by atoms with Crippen molar-refractivity contribution in [3.8, 4) is 0 Å². The molecular formula is C18H25BrCl2N2. The molecule has 2 nitrogen and oxygen atoms in total. The molecule has 0 spiro atoms. The van der Waals surface area contributed by atoms with Gasteiger partial charge in [0.05, 0.1) is 0 Å². The summed E-state index contributed by atoms with van der Waals surface area (Å²) in [6, 6.07) is 18.8. The van der Waals surface area contributed by atoms with E-state index in [0.29, 0.717) is 6.54 Å². The first-order valence-electron chi connectivity index (χ1n) is 7.38. The molecule has 0 fully saturated rings. The van der Waals surface area contributed by atoms with Crippen LogP contribution in [-0.2, 0) is 5.54 Å². The third-order valence-corrected chi connectivity index (χ3v) is 4.78. The molecule has 0 heterocycles. The molecule has 5 heteroatoms. The lowest BCUT2D eigenvalue weighted by molar-refractivity contribution is 0.337. The van der Waals surface area contributed by atoms with Crippen LogP contribution in [0, 0.1) is 0 Å². The van der Waals surface area contributed by atoms with Crippen molar-refractivity contribution in [2.24, 2.45) is 11.5 Å². The zero-order valence-electron chi connectivity index (χ0n) is 13.2. The Morgan fingerprint density at radius 2 is 1.57 bits per heavy atom. The summed E-state index contributed by atoms with van der Waals surface area (Å²) < 4.78 is 1.09. The maximum atomic E-state index is 6.85.